The van der Waals surface area contributed by atoms with E-state index < -0.39 is 24.0 Å². The van der Waals surface area contributed by atoms with Crippen molar-refractivity contribution in [1.82, 2.24) is 10.6 Å². The summed E-state index contributed by atoms with van der Waals surface area (Å²) in [4.78, 5) is 36.5. The van der Waals surface area contributed by atoms with Crippen LogP contribution in [0.25, 0.3) is 0 Å². The van der Waals surface area contributed by atoms with Crippen LogP contribution >= 0.6 is 0 Å². The molecule has 2 rings (SSSR count). The van der Waals surface area contributed by atoms with Crippen molar-refractivity contribution in [3.05, 3.63) is 71.8 Å². The fraction of sp³-hybridized carbons (Fsp3) is 0.348. The van der Waals surface area contributed by atoms with Gasteiger partial charge in [-0.25, -0.2) is 4.79 Å². The van der Waals surface area contributed by atoms with E-state index in [1.165, 1.54) is 0 Å². The van der Waals surface area contributed by atoms with Crippen LogP contribution in [0.5, 0.6) is 0 Å². The first kappa shape index (κ1) is 22.9. The van der Waals surface area contributed by atoms with Gasteiger partial charge in [0.1, 0.15) is 25.8 Å². The molecule has 2 aromatic carbocycles. The number of rotatable bonds is 10. The summed E-state index contributed by atoms with van der Waals surface area (Å²) in [6.07, 6.45) is -0.281. The summed E-state index contributed by atoms with van der Waals surface area (Å²) < 4.78 is 10.3. The second-order valence-corrected chi connectivity index (χ2v) is 7.25. The van der Waals surface area contributed by atoms with Crippen molar-refractivity contribution >= 4 is 18.0 Å². The van der Waals surface area contributed by atoms with Gasteiger partial charge in [0.2, 0.25) is 5.91 Å². The third kappa shape index (κ3) is 8.77. The minimum atomic E-state index is -0.810. The highest BCUT2D eigenvalue weighted by Gasteiger charge is 2.23. The van der Waals surface area contributed by atoms with E-state index in [-0.39, 0.29) is 25.7 Å². The zero-order valence-electron chi connectivity index (χ0n) is 17.3. The maximum atomic E-state index is 12.5. The lowest BCUT2D eigenvalue weighted by molar-refractivity contribution is -0.145. The van der Waals surface area contributed by atoms with Gasteiger partial charge < -0.3 is 20.1 Å². The number of esters is 1. The fourth-order valence-corrected chi connectivity index (χ4v) is 2.68. The molecule has 0 fully saturated rings. The molecule has 0 radical (unpaired) electrons. The molecule has 0 aromatic heterocycles. The molecular weight excluding hydrogens is 384 g/mol. The van der Waals surface area contributed by atoms with Gasteiger partial charge in [0.15, 0.2) is 0 Å². The maximum Gasteiger partial charge on any atom is 0.408 e. The Bertz CT molecular complexity index is 809. The van der Waals surface area contributed by atoms with Crippen molar-refractivity contribution in [3.63, 3.8) is 0 Å². The summed E-state index contributed by atoms with van der Waals surface area (Å²) in [5, 5.41) is 5.09. The first-order valence-electron chi connectivity index (χ1n) is 9.88. The highest BCUT2D eigenvalue weighted by atomic mass is 16.5. The summed E-state index contributed by atoms with van der Waals surface area (Å²) in [7, 11) is 0. The highest BCUT2D eigenvalue weighted by molar-refractivity contribution is 5.88. The topological polar surface area (TPSA) is 93.7 Å². The molecule has 0 unspecified atom stereocenters. The monoisotopic (exact) mass is 412 g/mol. The average molecular weight is 412 g/mol. The molecule has 0 aliphatic carbocycles. The van der Waals surface area contributed by atoms with Gasteiger partial charge in [-0.3, -0.25) is 9.59 Å². The lowest BCUT2D eigenvalue weighted by atomic mass is 10.0. The van der Waals surface area contributed by atoms with E-state index in [0.717, 1.165) is 11.1 Å². The molecule has 2 N–H and O–H groups in total. The Morgan fingerprint density at radius 1 is 0.833 bits per heavy atom. The molecule has 7 nitrogen and oxygen atoms in total. The average Bonchev–Trinajstić information content (AvgIpc) is 2.75. The van der Waals surface area contributed by atoms with Crippen molar-refractivity contribution in [3.8, 4) is 0 Å². The smallest absolute Gasteiger partial charge is 0.408 e. The zero-order chi connectivity index (χ0) is 21.8. The van der Waals surface area contributed by atoms with Gasteiger partial charge in [0.05, 0.1) is 0 Å². The van der Waals surface area contributed by atoms with Crippen molar-refractivity contribution in [1.29, 1.82) is 0 Å². The maximum absolute atomic E-state index is 12.5. The van der Waals surface area contributed by atoms with Gasteiger partial charge >= 0.3 is 12.1 Å². The molecule has 0 aliphatic heterocycles. The number of amides is 2. The molecule has 1 atom stereocenters. The Morgan fingerprint density at radius 3 is 1.90 bits per heavy atom. The molecule has 0 spiro atoms. The normalized spacial score (nSPS) is 11.4. The van der Waals surface area contributed by atoms with Crippen LogP contribution in [0.4, 0.5) is 4.79 Å². The second kappa shape index (κ2) is 12.3. The summed E-state index contributed by atoms with van der Waals surface area (Å²) in [6.45, 7) is 3.83. The van der Waals surface area contributed by atoms with Crippen LogP contribution < -0.4 is 10.6 Å². The molecule has 0 saturated heterocycles. The van der Waals surface area contributed by atoms with Crippen LogP contribution in [0.15, 0.2) is 60.7 Å². The van der Waals surface area contributed by atoms with Crippen LogP contribution in [0.1, 0.15) is 31.4 Å². The SMILES string of the molecule is CC(C)C[C@H](NC(=O)OCc1ccccc1)C(=O)NCC(=O)OCc1ccccc1. The third-order valence-electron chi connectivity index (χ3n) is 4.18. The van der Waals surface area contributed by atoms with E-state index >= 15 is 0 Å². The molecule has 30 heavy (non-hydrogen) atoms. The fourth-order valence-electron chi connectivity index (χ4n) is 2.68. The minimum absolute atomic E-state index is 0.106. The number of carbonyl (C=O) groups excluding carboxylic acids is 3. The number of hydrogen-bond acceptors (Lipinski definition) is 5. The summed E-state index contributed by atoms with van der Waals surface area (Å²) in [5.74, 6) is -0.862. The Kier molecular flexibility index (Phi) is 9.37. The van der Waals surface area contributed by atoms with Gasteiger partial charge in [0, 0.05) is 0 Å². The van der Waals surface area contributed by atoms with E-state index in [0.29, 0.717) is 6.42 Å². The van der Waals surface area contributed by atoms with Gasteiger partial charge in [-0.2, -0.15) is 0 Å². The van der Waals surface area contributed by atoms with Crippen molar-refractivity contribution in [2.75, 3.05) is 6.54 Å². The minimum Gasteiger partial charge on any atom is -0.460 e. The quantitative estimate of drug-likeness (QED) is 0.585. The predicted molar refractivity (Wildman–Crippen MR) is 112 cm³/mol. The number of alkyl carbamates (subject to hydrolysis) is 1. The Balaban J connectivity index is 1.78. The second-order valence-electron chi connectivity index (χ2n) is 7.25. The zero-order valence-corrected chi connectivity index (χ0v) is 17.3. The highest BCUT2D eigenvalue weighted by Crippen LogP contribution is 2.07. The lowest BCUT2D eigenvalue weighted by Crippen LogP contribution is -2.48. The van der Waals surface area contributed by atoms with E-state index in [1.807, 2.05) is 74.5 Å². The number of ether oxygens (including phenoxy) is 2. The Hall–Kier alpha value is -3.35. The molecule has 0 aliphatic rings. The summed E-state index contributed by atoms with van der Waals surface area (Å²) >= 11 is 0. The van der Waals surface area contributed by atoms with Crippen molar-refractivity contribution in [2.45, 2.75) is 39.5 Å². The molecular formula is C23H28N2O5. The lowest BCUT2D eigenvalue weighted by Gasteiger charge is -2.19. The first-order chi connectivity index (χ1) is 14.4. The molecule has 2 amide bonds. The van der Waals surface area contributed by atoms with Crippen LogP contribution in [-0.4, -0.2) is 30.6 Å². The van der Waals surface area contributed by atoms with Gasteiger partial charge in [0.25, 0.3) is 0 Å². The van der Waals surface area contributed by atoms with Crippen LogP contribution in [0, 0.1) is 5.92 Å². The Labute approximate surface area is 176 Å². The number of nitrogens with one attached hydrogen (secondary N) is 2. The predicted octanol–water partition coefficient (Wildman–Crippen LogP) is 3.19. The molecule has 0 heterocycles. The third-order valence-corrected chi connectivity index (χ3v) is 4.18. The standard InChI is InChI=1S/C23H28N2O5/c1-17(2)13-20(25-23(28)30-16-19-11-7-4-8-12-19)22(27)24-14-21(26)29-15-18-9-5-3-6-10-18/h3-12,17,20H,13-16H2,1-2H3,(H,24,27)(H,25,28)/t20-/m0/s1. The van der Waals surface area contributed by atoms with E-state index in [1.54, 1.807) is 0 Å². The van der Waals surface area contributed by atoms with Gasteiger partial charge in [-0.1, -0.05) is 74.5 Å². The molecule has 0 saturated carbocycles. The van der Waals surface area contributed by atoms with E-state index in [2.05, 4.69) is 10.6 Å². The summed E-state index contributed by atoms with van der Waals surface area (Å²) in [6, 6.07) is 17.7. The Morgan fingerprint density at radius 2 is 1.37 bits per heavy atom. The van der Waals surface area contributed by atoms with Crippen LogP contribution in [0.3, 0.4) is 0 Å². The number of carbonyl (C=O) groups is 3. The molecule has 160 valence electrons. The van der Waals surface area contributed by atoms with Crippen molar-refractivity contribution < 1.29 is 23.9 Å². The number of hydrogen-bond donors (Lipinski definition) is 2. The largest absolute Gasteiger partial charge is 0.460 e. The van der Waals surface area contributed by atoms with Crippen molar-refractivity contribution in [2.24, 2.45) is 5.92 Å². The first-order valence-corrected chi connectivity index (χ1v) is 9.88. The summed E-state index contributed by atoms with van der Waals surface area (Å²) in [5.41, 5.74) is 1.70. The molecule has 7 heteroatoms. The van der Waals surface area contributed by atoms with Gasteiger partial charge in [-0.05, 0) is 23.5 Å². The van der Waals surface area contributed by atoms with Crippen LogP contribution in [0.2, 0.25) is 0 Å². The van der Waals surface area contributed by atoms with E-state index in [9.17, 15) is 14.4 Å². The van der Waals surface area contributed by atoms with E-state index in [4.69, 9.17) is 9.47 Å². The van der Waals surface area contributed by atoms with Gasteiger partial charge in [-0.15, -0.1) is 0 Å². The molecule has 2 aromatic rings. The molecule has 0 bridgehead atoms. The number of benzene rings is 2. The van der Waals surface area contributed by atoms with Crippen LogP contribution in [-0.2, 0) is 32.3 Å².